The highest BCUT2D eigenvalue weighted by Gasteiger charge is 2.26. The highest BCUT2D eigenvalue weighted by molar-refractivity contribution is 7.07. The highest BCUT2D eigenvalue weighted by Crippen LogP contribution is 2.26. The number of amides is 1. The Morgan fingerprint density at radius 2 is 2.11 bits per heavy atom. The Hall–Kier alpha value is -0.910. The van der Waals surface area contributed by atoms with Gasteiger partial charge in [-0.25, -0.2) is 0 Å². The van der Waals surface area contributed by atoms with E-state index in [0.29, 0.717) is 6.54 Å². The van der Waals surface area contributed by atoms with Gasteiger partial charge in [-0.2, -0.15) is 11.3 Å². The van der Waals surface area contributed by atoms with Crippen LogP contribution in [0.2, 0.25) is 0 Å². The maximum Gasteiger partial charge on any atom is 0.236 e. The van der Waals surface area contributed by atoms with Crippen molar-refractivity contribution in [3.63, 3.8) is 0 Å². The maximum atomic E-state index is 11.9. The Bertz CT molecular complexity index is 378. The van der Waals surface area contributed by atoms with Gasteiger partial charge in [0.05, 0.1) is 12.6 Å². The second-order valence-corrected chi connectivity index (χ2v) is 5.70. The number of likely N-dealkylation sites (N-methyl/N-ethyl adjacent to an activating group) is 2. The molecule has 19 heavy (non-hydrogen) atoms. The van der Waals surface area contributed by atoms with Crippen molar-refractivity contribution in [2.45, 2.75) is 32.4 Å². The molecule has 0 radical (unpaired) electrons. The molecule has 0 spiro atoms. The molecule has 0 saturated carbocycles. The van der Waals surface area contributed by atoms with Crippen LogP contribution in [0.5, 0.6) is 0 Å². The lowest BCUT2D eigenvalue weighted by Gasteiger charge is -2.34. The molecule has 1 rings (SSSR count). The maximum absolute atomic E-state index is 11.9. The summed E-state index contributed by atoms with van der Waals surface area (Å²) in [5.74, 6) is 0.116. The molecular weight excluding hydrogens is 258 g/mol. The minimum atomic E-state index is 0.0458. The zero-order valence-corrected chi connectivity index (χ0v) is 13.1. The summed E-state index contributed by atoms with van der Waals surface area (Å²) in [4.78, 5) is 15.7. The van der Waals surface area contributed by atoms with Crippen LogP contribution in [0.1, 0.15) is 31.9 Å². The monoisotopic (exact) mass is 283 g/mol. The predicted octanol–water partition coefficient (Wildman–Crippen LogP) is 1.94. The molecule has 2 N–H and O–H groups in total. The summed E-state index contributed by atoms with van der Waals surface area (Å²) in [5.41, 5.74) is 7.49. The van der Waals surface area contributed by atoms with Crippen molar-refractivity contribution in [2.75, 3.05) is 27.2 Å². The van der Waals surface area contributed by atoms with Crippen molar-refractivity contribution in [2.24, 2.45) is 5.73 Å². The Balaban J connectivity index is 2.91. The van der Waals surface area contributed by atoms with Crippen molar-refractivity contribution in [1.82, 2.24) is 9.80 Å². The molecule has 5 heteroatoms. The number of rotatable bonds is 7. The molecule has 0 aliphatic carbocycles. The van der Waals surface area contributed by atoms with E-state index < -0.39 is 0 Å². The molecule has 0 aliphatic heterocycles. The molecule has 2 unspecified atom stereocenters. The van der Waals surface area contributed by atoms with Gasteiger partial charge in [-0.05, 0) is 35.4 Å². The molecule has 0 aromatic carbocycles. The highest BCUT2D eigenvalue weighted by atomic mass is 32.1. The van der Waals surface area contributed by atoms with E-state index in [0.717, 1.165) is 13.0 Å². The number of nitrogens with zero attached hydrogens (tertiary/aromatic N) is 2. The molecule has 4 nitrogen and oxygen atoms in total. The second-order valence-electron chi connectivity index (χ2n) is 4.92. The minimum absolute atomic E-state index is 0.0458. The van der Waals surface area contributed by atoms with Crippen LogP contribution in [0.4, 0.5) is 0 Å². The zero-order chi connectivity index (χ0) is 14.4. The Labute approximate surface area is 120 Å². The third-order valence-electron chi connectivity index (χ3n) is 3.40. The number of hydrogen-bond acceptors (Lipinski definition) is 4. The predicted molar refractivity (Wildman–Crippen MR) is 81.3 cm³/mol. The fraction of sp³-hybridized carbons (Fsp3) is 0.643. The van der Waals surface area contributed by atoms with Gasteiger partial charge in [0.2, 0.25) is 5.91 Å². The summed E-state index contributed by atoms with van der Waals surface area (Å²) in [5, 5.41) is 4.19. The summed E-state index contributed by atoms with van der Waals surface area (Å²) in [6.07, 6.45) is 0.896. The van der Waals surface area contributed by atoms with Crippen LogP contribution in [0.3, 0.4) is 0 Å². The van der Waals surface area contributed by atoms with Crippen molar-refractivity contribution in [3.05, 3.63) is 22.4 Å². The van der Waals surface area contributed by atoms with E-state index in [9.17, 15) is 4.79 Å². The van der Waals surface area contributed by atoms with Crippen molar-refractivity contribution in [1.29, 1.82) is 0 Å². The normalized spacial score (nSPS) is 14.4. The largest absolute Gasteiger partial charge is 0.348 e. The summed E-state index contributed by atoms with van der Waals surface area (Å²) >= 11 is 1.67. The van der Waals surface area contributed by atoms with Crippen molar-refractivity contribution < 1.29 is 4.79 Å². The van der Waals surface area contributed by atoms with Gasteiger partial charge >= 0.3 is 0 Å². The fourth-order valence-corrected chi connectivity index (χ4v) is 2.81. The molecule has 0 aliphatic rings. The van der Waals surface area contributed by atoms with E-state index in [1.54, 1.807) is 30.3 Å². The van der Waals surface area contributed by atoms with Gasteiger partial charge in [-0.3, -0.25) is 9.69 Å². The minimum Gasteiger partial charge on any atom is -0.348 e. The molecule has 1 aromatic heterocycles. The van der Waals surface area contributed by atoms with Gasteiger partial charge in [0.25, 0.3) is 0 Å². The average Bonchev–Trinajstić information content (AvgIpc) is 2.90. The smallest absolute Gasteiger partial charge is 0.236 e. The topological polar surface area (TPSA) is 49.6 Å². The summed E-state index contributed by atoms with van der Waals surface area (Å²) < 4.78 is 0. The van der Waals surface area contributed by atoms with E-state index >= 15 is 0 Å². The van der Waals surface area contributed by atoms with Crippen LogP contribution < -0.4 is 5.73 Å². The fourth-order valence-electron chi connectivity index (χ4n) is 2.12. The Morgan fingerprint density at radius 3 is 2.53 bits per heavy atom. The number of thiophene rings is 1. The summed E-state index contributed by atoms with van der Waals surface area (Å²) in [7, 11) is 3.57. The lowest BCUT2D eigenvalue weighted by atomic mass is 9.98. The standard InChI is InChI=1S/C14H25N3OS/c1-5-12(15)14(11-7-8-19-10-11)17(6-2)9-13(18)16(3)4/h7-8,10,12,14H,5-6,9,15H2,1-4H3. The van der Waals surface area contributed by atoms with Gasteiger partial charge in [0.15, 0.2) is 0 Å². The van der Waals surface area contributed by atoms with Gasteiger partial charge in [-0.15, -0.1) is 0 Å². The summed E-state index contributed by atoms with van der Waals surface area (Å²) in [6, 6.07) is 2.27. The van der Waals surface area contributed by atoms with Crippen molar-refractivity contribution in [3.8, 4) is 0 Å². The average molecular weight is 283 g/mol. The van der Waals surface area contributed by atoms with E-state index in [1.165, 1.54) is 5.56 Å². The molecule has 1 amide bonds. The quantitative estimate of drug-likeness (QED) is 0.832. The third-order valence-corrected chi connectivity index (χ3v) is 4.10. The van der Waals surface area contributed by atoms with E-state index in [4.69, 9.17) is 5.73 Å². The molecule has 0 saturated heterocycles. The van der Waals surface area contributed by atoms with Crippen LogP contribution in [0, 0.1) is 0 Å². The second kappa shape index (κ2) is 7.62. The van der Waals surface area contributed by atoms with E-state index in [1.807, 2.05) is 0 Å². The van der Waals surface area contributed by atoms with Gasteiger partial charge in [-0.1, -0.05) is 13.8 Å². The number of hydrogen-bond donors (Lipinski definition) is 1. The first-order valence-electron chi connectivity index (χ1n) is 6.73. The molecule has 1 aromatic rings. The first-order chi connectivity index (χ1) is 9.01. The van der Waals surface area contributed by atoms with Gasteiger partial charge in [0.1, 0.15) is 0 Å². The van der Waals surface area contributed by atoms with Gasteiger partial charge < -0.3 is 10.6 Å². The van der Waals surface area contributed by atoms with Crippen LogP contribution in [-0.4, -0.2) is 48.9 Å². The lowest BCUT2D eigenvalue weighted by Crippen LogP contribution is -2.45. The summed E-state index contributed by atoms with van der Waals surface area (Å²) in [6.45, 7) is 5.39. The molecule has 0 bridgehead atoms. The molecule has 1 heterocycles. The van der Waals surface area contributed by atoms with E-state index in [-0.39, 0.29) is 18.0 Å². The first kappa shape index (κ1) is 16.1. The first-order valence-corrected chi connectivity index (χ1v) is 7.67. The van der Waals surface area contributed by atoms with Crippen LogP contribution in [0.25, 0.3) is 0 Å². The SMILES string of the molecule is CCC(N)C(c1ccsc1)N(CC)CC(=O)N(C)C. The number of nitrogens with two attached hydrogens (primary N) is 1. The molecular formula is C14H25N3OS. The van der Waals surface area contributed by atoms with E-state index in [2.05, 4.69) is 35.6 Å². The third kappa shape index (κ3) is 4.30. The van der Waals surface area contributed by atoms with Crippen LogP contribution in [0.15, 0.2) is 16.8 Å². The van der Waals surface area contributed by atoms with Crippen LogP contribution in [-0.2, 0) is 4.79 Å². The number of carbonyl (C=O) groups is 1. The number of carbonyl (C=O) groups excluding carboxylic acids is 1. The Kier molecular flexibility index (Phi) is 6.48. The molecule has 0 fully saturated rings. The Morgan fingerprint density at radius 1 is 1.42 bits per heavy atom. The molecule has 108 valence electrons. The van der Waals surface area contributed by atoms with Gasteiger partial charge in [0, 0.05) is 20.1 Å². The van der Waals surface area contributed by atoms with Crippen molar-refractivity contribution >= 4 is 17.2 Å². The molecule has 2 atom stereocenters. The zero-order valence-electron chi connectivity index (χ0n) is 12.3. The van der Waals surface area contributed by atoms with Crippen LogP contribution >= 0.6 is 11.3 Å². The lowest BCUT2D eigenvalue weighted by molar-refractivity contribution is -0.130.